The van der Waals surface area contributed by atoms with Gasteiger partial charge >= 0.3 is 6.09 Å². The number of carbonyl (C=O) groups is 2. The molecule has 0 aliphatic carbocycles. The van der Waals surface area contributed by atoms with Crippen LogP contribution in [0.4, 0.5) is 10.5 Å². The molecule has 0 saturated carbocycles. The zero-order valence-corrected chi connectivity index (χ0v) is 18.9. The molecular weight excluding hydrogens is 447 g/mol. The summed E-state index contributed by atoms with van der Waals surface area (Å²) >= 11 is 11.9. The summed E-state index contributed by atoms with van der Waals surface area (Å²) in [5.74, 6) is -0.264. The van der Waals surface area contributed by atoms with Crippen molar-refractivity contribution in [1.29, 1.82) is 0 Å². The zero-order valence-electron chi connectivity index (χ0n) is 17.3. The number of rotatable bonds is 7. The molecule has 2 amide bonds. The van der Waals surface area contributed by atoms with Crippen molar-refractivity contribution in [3.05, 3.63) is 106 Å². The first kappa shape index (κ1) is 23.4. The number of ether oxygens (including phenoxy) is 1. The van der Waals surface area contributed by atoms with Crippen molar-refractivity contribution in [2.45, 2.75) is 13.0 Å². The van der Waals surface area contributed by atoms with Crippen LogP contribution in [0, 0.1) is 0 Å². The second kappa shape index (κ2) is 11.4. The van der Waals surface area contributed by atoms with Gasteiger partial charge in [-0.25, -0.2) is 4.79 Å². The fourth-order valence-electron chi connectivity index (χ4n) is 2.97. The normalized spacial score (nSPS) is 11.7. The molecule has 7 heteroatoms. The Hall–Kier alpha value is -3.28. The highest BCUT2D eigenvalue weighted by atomic mass is 35.5. The highest BCUT2D eigenvalue weighted by molar-refractivity contribution is 6.42. The van der Waals surface area contributed by atoms with E-state index >= 15 is 0 Å². The lowest BCUT2D eigenvalue weighted by Gasteiger charge is -2.19. The Bertz CT molecular complexity index is 1100. The van der Waals surface area contributed by atoms with Gasteiger partial charge in [-0.2, -0.15) is 0 Å². The van der Waals surface area contributed by atoms with Gasteiger partial charge in [0.15, 0.2) is 0 Å². The molecule has 0 fully saturated rings. The summed E-state index contributed by atoms with van der Waals surface area (Å²) in [6.07, 6.45) is 3.21. The molecule has 0 saturated heterocycles. The fraction of sp³-hybridized carbons (Fsp3) is 0.120. The van der Waals surface area contributed by atoms with Crippen molar-refractivity contribution in [2.75, 3.05) is 11.9 Å². The maximum Gasteiger partial charge on any atom is 0.411 e. The minimum Gasteiger partial charge on any atom is -0.447 e. The van der Waals surface area contributed by atoms with Crippen molar-refractivity contribution in [3.63, 3.8) is 0 Å². The van der Waals surface area contributed by atoms with E-state index in [0.29, 0.717) is 21.3 Å². The van der Waals surface area contributed by atoms with E-state index in [1.807, 2.05) is 61.5 Å². The van der Waals surface area contributed by atoms with Gasteiger partial charge in [0, 0.05) is 11.3 Å². The molecule has 0 aliphatic heterocycles. The number of benzene rings is 3. The van der Waals surface area contributed by atoms with E-state index in [2.05, 4.69) is 10.6 Å². The van der Waals surface area contributed by atoms with Gasteiger partial charge in [0.25, 0.3) is 5.91 Å². The third kappa shape index (κ3) is 6.61. The number of carbonyl (C=O) groups excluding carboxylic acids is 2. The average molecular weight is 469 g/mol. The molecule has 0 aromatic heterocycles. The van der Waals surface area contributed by atoms with Gasteiger partial charge in [0.1, 0.15) is 6.61 Å². The third-order valence-corrected chi connectivity index (χ3v) is 5.33. The second-order valence-electron chi connectivity index (χ2n) is 6.91. The highest BCUT2D eigenvalue weighted by Crippen LogP contribution is 2.25. The molecule has 3 rings (SSSR count). The van der Waals surface area contributed by atoms with Gasteiger partial charge in [-0.3, -0.25) is 10.1 Å². The Morgan fingerprint density at radius 3 is 2.34 bits per heavy atom. The predicted molar refractivity (Wildman–Crippen MR) is 129 cm³/mol. The van der Waals surface area contributed by atoms with Crippen LogP contribution in [0.25, 0.3) is 6.08 Å². The standard InChI is InChI=1S/C25H22Cl2N2O3/c1-2-6-17-9-11-19(12-10-17)24(30)29-23(18-7-4-3-5-8-18)16-32-25(31)28-20-13-14-21(26)22(27)15-20/h2-15,23H,16H2,1H3,(H,28,31)(H,29,30)/b6-2+/t23-/m1/s1. The summed E-state index contributed by atoms with van der Waals surface area (Å²) in [7, 11) is 0. The van der Waals surface area contributed by atoms with Crippen molar-refractivity contribution in [3.8, 4) is 0 Å². The molecule has 3 aromatic rings. The summed E-state index contributed by atoms with van der Waals surface area (Å²) in [6.45, 7) is 1.88. The monoisotopic (exact) mass is 468 g/mol. The Morgan fingerprint density at radius 1 is 0.969 bits per heavy atom. The predicted octanol–water partition coefficient (Wildman–Crippen LogP) is 6.75. The summed E-state index contributed by atoms with van der Waals surface area (Å²) in [5, 5.41) is 6.24. The smallest absolute Gasteiger partial charge is 0.411 e. The lowest BCUT2D eigenvalue weighted by Crippen LogP contribution is -2.32. The maximum absolute atomic E-state index is 12.8. The molecule has 3 aromatic carbocycles. The van der Waals surface area contributed by atoms with Crippen LogP contribution < -0.4 is 10.6 Å². The Labute approximate surface area is 197 Å². The SMILES string of the molecule is C/C=C/c1ccc(C(=O)N[C@H](COC(=O)Nc2ccc(Cl)c(Cl)c2)c2ccccc2)cc1. The quantitative estimate of drug-likeness (QED) is 0.403. The minimum absolute atomic E-state index is 0.0560. The fourth-order valence-corrected chi connectivity index (χ4v) is 3.27. The number of hydrogen-bond acceptors (Lipinski definition) is 3. The summed E-state index contributed by atoms with van der Waals surface area (Å²) < 4.78 is 5.37. The van der Waals surface area contributed by atoms with E-state index in [1.165, 1.54) is 6.07 Å². The van der Waals surface area contributed by atoms with Gasteiger partial charge in [0.2, 0.25) is 0 Å². The van der Waals surface area contributed by atoms with Crippen LogP contribution in [-0.2, 0) is 4.74 Å². The molecule has 0 spiro atoms. The van der Waals surface area contributed by atoms with Crippen molar-refractivity contribution in [2.24, 2.45) is 0 Å². The molecule has 0 aliphatic rings. The van der Waals surface area contributed by atoms with Crippen LogP contribution in [0.3, 0.4) is 0 Å². The number of nitrogens with one attached hydrogen (secondary N) is 2. The summed E-state index contributed by atoms with van der Waals surface area (Å²) in [5.41, 5.74) is 2.78. The minimum atomic E-state index is -0.672. The van der Waals surface area contributed by atoms with E-state index in [4.69, 9.17) is 27.9 Å². The van der Waals surface area contributed by atoms with Gasteiger partial charge in [-0.05, 0) is 48.4 Å². The lowest BCUT2D eigenvalue weighted by molar-refractivity contribution is 0.0901. The molecular formula is C25H22Cl2N2O3. The van der Waals surface area contributed by atoms with Crippen molar-refractivity contribution >= 4 is 47.0 Å². The van der Waals surface area contributed by atoms with Gasteiger partial charge in [-0.1, -0.05) is 77.8 Å². The Balaban J connectivity index is 1.67. The molecule has 0 unspecified atom stereocenters. The number of allylic oxidation sites excluding steroid dienone is 1. The van der Waals surface area contributed by atoms with Gasteiger partial charge < -0.3 is 10.1 Å². The van der Waals surface area contributed by atoms with Crippen LogP contribution in [0.1, 0.15) is 34.5 Å². The summed E-state index contributed by atoms with van der Waals surface area (Å²) in [6, 6.07) is 20.7. The number of hydrogen-bond donors (Lipinski definition) is 2. The van der Waals surface area contributed by atoms with E-state index in [9.17, 15) is 9.59 Å². The molecule has 164 valence electrons. The maximum atomic E-state index is 12.8. The van der Waals surface area contributed by atoms with Gasteiger partial charge in [0.05, 0.1) is 16.1 Å². The van der Waals surface area contributed by atoms with E-state index in [1.54, 1.807) is 24.3 Å². The number of halogens is 2. The molecule has 0 heterocycles. The molecule has 5 nitrogen and oxygen atoms in total. The average Bonchev–Trinajstić information content (AvgIpc) is 2.80. The topological polar surface area (TPSA) is 67.4 Å². The molecule has 1 atom stereocenters. The van der Waals surface area contributed by atoms with Crippen LogP contribution in [0.15, 0.2) is 78.9 Å². The van der Waals surface area contributed by atoms with Crippen LogP contribution in [0.5, 0.6) is 0 Å². The zero-order chi connectivity index (χ0) is 22.9. The largest absolute Gasteiger partial charge is 0.447 e. The van der Waals surface area contributed by atoms with Crippen LogP contribution in [0.2, 0.25) is 10.0 Å². The second-order valence-corrected chi connectivity index (χ2v) is 7.73. The molecule has 0 radical (unpaired) electrons. The van der Waals surface area contributed by atoms with E-state index in [-0.39, 0.29) is 12.5 Å². The summed E-state index contributed by atoms with van der Waals surface area (Å²) in [4.78, 5) is 25.1. The lowest BCUT2D eigenvalue weighted by atomic mass is 10.1. The first-order valence-corrected chi connectivity index (χ1v) is 10.7. The number of amides is 2. The van der Waals surface area contributed by atoms with Gasteiger partial charge in [-0.15, -0.1) is 0 Å². The van der Waals surface area contributed by atoms with Crippen LogP contribution in [-0.4, -0.2) is 18.6 Å². The Kier molecular flexibility index (Phi) is 8.31. The molecule has 0 bridgehead atoms. The van der Waals surface area contributed by atoms with Crippen LogP contribution >= 0.6 is 23.2 Å². The van der Waals surface area contributed by atoms with Crippen molar-refractivity contribution < 1.29 is 14.3 Å². The number of anilines is 1. The first-order valence-electron chi connectivity index (χ1n) is 9.93. The molecule has 32 heavy (non-hydrogen) atoms. The van der Waals surface area contributed by atoms with E-state index < -0.39 is 12.1 Å². The Morgan fingerprint density at radius 2 is 1.69 bits per heavy atom. The first-order chi connectivity index (χ1) is 15.5. The molecule has 2 N–H and O–H groups in total. The third-order valence-electron chi connectivity index (χ3n) is 4.59. The van der Waals surface area contributed by atoms with E-state index in [0.717, 1.165) is 11.1 Å². The highest BCUT2D eigenvalue weighted by Gasteiger charge is 2.18. The van der Waals surface area contributed by atoms with Crippen molar-refractivity contribution in [1.82, 2.24) is 5.32 Å².